The van der Waals surface area contributed by atoms with Gasteiger partial charge in [0.05, 0.1) is 0 Å². The summed E-state index contributed by atoms with van der Waals surface area (Å²) in [5.41, 5.74) is 1.60. The molecule has 1 saturated heterocycles. The predicted molar refractivity (Wildman–Crippen MR) is 86.9 cm³/mol. The molecule has 126 valence electrons. The van der Waals surface area contributed by atoms with E-state index in [1.807, 2.05) is 12.1 Å². The van der Waals surface area contributed by atoms with E-state index in [-0.39, 0.29) is 5.91 Å². The maximum Gasteiger partial charge on any atom is 0.340 e. The second-order valence-electron chi connectivity index (χ2n) is 6.34. The fourth-order valence-electron chi connectivity index (χ4n) is 2.68. The van der Waals surface area contributed by atoms with Crippen LogP contribution in [0.3, 0.4) is 0 Å². The molecule has 0 radical (unpaired) electrons. The maximum absolute atomic E-state index is 12.1. The molecular weight excluding hydrogens is 294 g/mol. The van der Waals surface area contributed by atoms with Gasteiger partial charge in [-0.3, -0.25) is 4.79 Å². The Morgan fingerprint density at radius 2 is 1.57 bits per heavy atom. The Balaban J connectivity index is 1.94. The molecule has 2 unspecified atom stereocenters. The number of aliphatic hydroxyl groups is 1. The van der Waals surface area contributed by atoms with Crippen LogP contribution in [0.25, 0.3) is 0 Å². The minimum Gasteiger partial charge on any atom is -0.450 e. The summed E-state index contributed by atoms with van der Waals surface area (Å²) in [6, 6.07) is 7.20. The Hall–Kier alpha value is -1.88. The molecule has 1 heterocycles. The number of ether oxygens (including phenoxy) is 1. The second-order valence-corrected chi connectivity index (χ2v) is 6.34. The van der Waals surface area contributed by atoms with E-state index in [0.29, 0.717) is 24.6 Å². The average Bonchev–Trinajstić information content (AvgIpc) is 3.07. The van der Waals surface area contributed by atoms with Crippen molar-refractivity contribution in [3.05, 3.63) is 35.4 Å². The molecule has 1 aliphatic rings. The molecule has 0 spiro atoms. The van der Waals surface area contributed by atoms with E-state index in [1.54, 1.807) is 24.0 Å². The van der Waals surface area contributed by atoms with Crippen LogP contribution in [-0.2, 0) is 14.3 Å². The third-order valence-electron chi connectivity index (χ3n) is 4.20. The maximum atomic E-state index is 12.1. The number of rotatable bonds is 5. The minimum atomic E-state index is -1.37. The van der Waals surface area contributed by atoms with Crippen molar-refractivity contribution in [3.63, 3.8) is 0 Å². The van der Waals surface area contributed by atoms with Crippen molar-refractivity contribution in [2.45, 2.75) is 51.7 Å². The smallest absolute Gasteiger partial charge is 0.340 e. The van der Waals surface area contributed by atoms with Gasteiger partial charge >= 0.3 is 5.97 Å². The number of esters is 1. The SMILES string of the molecule is CC(OC(=O)C(O)c1ccc(C(C)C)cc1)C(=O)N1CCCC1. The molecule has 1 aliphatic heterocycles. The summed E-state index contributed by atoms with van der Waals surface area (Å²) in [5, 5.41) is 10.1. The number of carbonyl (C=O) groups is 2. The van der Waals surface area contributed by atoms with Crippen LogP contribution in [0.1, 0.15) is 56.8 Å². The predicted octanol–water partition coefficient (Wildman–Crippen LogP) is 2.40. The summed E-state index contributed by atoms with van der Waals surface area (Å²) < 4.78 is 5.14. The van der Waals surface area contributed by atoms with Gasteiger partial charge in [0.15, 0.2) is 12.2 Å². The Bertz CT molecular complexity index is 547. The largest absolute Gasteiger partial charge is 0.450 e. The number of likely N-dealkylation sites (tertiary alicyclic amines) is 1. The first kappa shape index (κ1) is 17.5. The molecule has 1 aromatic rings. The van der Waals surface area contributed by atoms with E-state index in [1.165, 1.54) is 0 Å². The molecule has 23 heavy (non-hydrogen) atoms. The molecule has 2 atom stereocenters. The molecule has 0 aliphatic carbocycles. The number of nitrogens with zero attached hydrogens (tertiary/aromatic N) is 1. The van der Waals surface area contributed by atoms with Crippen molar-refractivity contribution < 1.29 is 19.4 Å². The molecule has 0 aromatic heterocycles. The van der Waals surface area contributed by atoms with E-state index < -0.39 is 18.2 Å². The van der Waals surface area contributed by atoms with Crippen molar-refractivity contribution in [2.24, 2.45) is 0 Å². The molecular formula is C18H25NO4. The lowest BCUT2D eigenvalue weighted by molar-refractivity contribution is -0.166. The summed E-state index contributed by atoms with van der Waals surface area (Å²) in [6.45, 7) is 7.11. The number of carbonyl (C=O) groups excluding carboxylic acids is 2. The van der Waals surface area contributed by atoms with Crippen LogP contribution in [0.4, 0.5) is 0 Å². The Kier molecular flexibility index (Phi) is 5.77. The summed E-state index contributed by atoms with van der Waals surface area (Å²) in [6.07, 6.45) is -0.274. The lowest BCUT2D eigenvalue weighted by atomic mass is 10.00. The van der Waals surface area contributed by atoms with Crippen LogP contribution in [0, 0.1) is 0 Å². The summed E-state index contributed by atoms with van der Waals surface area (Å²) in [5.74, 6) is -0.605. The van der Waals surface area contributed by atoms with Crippen molar-refractivity contribution >= 4 is 11.9 Å². The van der Waals surface area contributed by atoms with Gasteiger partial charge in [-0.05, 0) is 36.8 Å². The normalized spacial score (nSPS) is 17.2. The van der Waals surface area contributed by atoms with Crippen LogP contribution >= 0.6 is 0 Å². The van der Waals surface area contributed by atoms with E-state index in [9.17, 15) is 14.7 Å². The van der Waals surface area contributed by atoms with Gasteiger partial charge in [0, 0.05) is 13.1 Å². The van der Waals surface area contributed by atoms with Crippen molar-refractivity contribution in [2.75, 3.05) is 13.1 Å². The van der Waals surface area contributed by atoms with Crippen LogP contribution in [0.15, 0.2) is 24.3 Å². The van der Waals surface area contributed by atoms with Crippen LogP contribution in [-0.4, -0.2) is 41.1 Å². The summed E-state index contributed by atoms with van der Waals surface area (Å²) in [7, 11) is 0. The van der Waals surface area contributed by atoms with E-state index in [4.69, 9.17) is 4.74 Å². The Morgan fingerprint density at radius 3 is 2.09 bits per heavy atom. The van der Waals surface area contributed by atoms with Crippen molar-refractivity contribution in [1.29, 1.82) is 0 Å². The number of benzene rings is 1. The average molecular weight is 319 g/mol. The Morgan fingerprint density at radius 1 is 1.04 bits per heavy atom. The van der Waals surface area contributed by atoms with Gasteiger partial charge in [-0.1, -0.05) is 38.1 Å². The molecule has 2 rings (SSSR count). The van der Waals surface area contributed by atoms with Gasteiger partial charge in [0.1, 0.15) is 0 Å². The van der Waals surface area contributed by atoms with Gasteiger partial charge in [-0.2, -0.15) is 0 Å². The molecule has 1 aromatic carbocycles. The highest BCUT2D eigenvalue weighted by Crippen LogP contribution is 2.20. The molecule has 5 nitrogen and oxygen atoms in total. The van der Waals surface area contributed by atoms with Crippen LogP contribution in [0.2, 0.25) is 0 Å². The highest BCUT2D eigenvalue weighted by molar-refractivity contribution is 5.85. The van der Waals surface area contributed by atoms with E-state index >= 15 is 0 Å². The van der Waals surface area contributed by atoms with E-state index in [0.717, 1.165) is 18.4 Å². The third-order valence-corrected chi connectivity index (χ3v) is 4.20. The second kappa shape index (κ2) is 7.59. The molecule has 0 bridgehead atoms. The van der Waals surface area contributed by atoms with Crippen molar-refractivity contribution in [1.82, 2.24) is 4.90 Å². The number of hydrogen-bond donors (Lipinski definition) is 1. The van der Waals surface area contributed by atoms with Crippen molar-refractivity contribution in [3.8, 4) is 0 Å². The number of hydrogen-bond acceptors (Lipinski definition) is 4. The first-order valence-electron chi connectivity index (χ1n) is 8.17. The fourth-order valence-corrected chi connectivity index (χ4v) is 2.68. The first-order chi connectivity index (χ1) is 10.9. The number of aliphatic hydroxyl groups excluding tert-OH is 1. The first-order valence-corrected chi connectivity index (χ1v) is 8.17. The van der Waals surface area contributed by atoms with E-state index in [2.05, 4.69) is 13.8 Å². The van der Waals surface area contributed by atoms with Gasteiger partial charge in [0.2, 0.25) is 0 Å². The number of amides is 1. The summed E-state index contributed by atoms with van der Waals surface area (Å²) in [4.78, 5) is 25.9. The fraction of sp³-hybridized carbons (Fsp3) is 0.556. The lowest BCUT2D eigenvalue weighted by Crippen LogP contribution is -2.38. The molecule has 1 amide bonds. The lowest BCUT2D eigenvalue weighted by Gasteiger charge is -2.21. The highest BCUT2D eigenvalue weighted by Gasteiger charge is 2.28. The van der Waals surface area contributed by atoms with Gasteiger partial charge < -0.3 is 14.7 Å². The molecule has 5 heteroatoms. The third kappa shape index (κ3) is 4.32. The van der Waals surface area contributed by atoms with Gasteiger partial charge in [0.25, 0.3) is 5.91 Å². The monoisotopic (exact) mass is 319 g/mol. The highest BCUT2D eigenvalue weighted by atomic mass is 16.6. The minimum absolute atomic E-state index is 0.196. The van der Waals surface area contributed by atoms with Crippen LogP contribution in [0.5, 0.6) is 0 Å². The van der Waals surface area contributed by atoms with Crippen LogP contribution < -0.4 is 0 Å². The molecule has 1 N–H and O–H groups in total. The summed E-state index contributed by atoms with van der Waals surface area (Å²) >= 11 is 0. The van der Waals surface area contributed by atoms with Gasteiger partial charge in [-0.25, -0.2) is 4.79 Å². The molecule has 1 fully saturated rings. The zero-order chi connectivity index (χ0) is 17.0. The zero-order valence-electron chi connectivity index (χ0n) is 14.0. The standard InChI is InChI=1S/C18H25NO4/c1-12(2)14-6-8-15(9-7-14)16(20)18(22)23-13(3)17(21)19-10-4-5-11-19/h6-9,12-13,16,20H,4-5,10-11H2,1-3H3. The topological polar surface area (TPSA) is 66.8 Å². The molecule has 0 saturated carbocycles. The quantitative estimate of drug-likeness (QED) is 0.846. The Labute approximate surface area is 137 Å². The zero-order valence-corrected chi connectivity index (χ0v) is 14.0. The van der Waals surface area contributed by atoms with Gasteiger partial charge in [-0.15, -0.1) is 0 Å².